The lowest BCUT2D eigenvalue weighted by Gasteiger charge is -2.11. The van der Waals surface area contributed by atoms with Crippen molar-refractivity contribution in [1.82, 2.24) is 10.6 Å². The van der Waals surface area contributed by atoms with E-state index < -0.39 is 11.9 Å². The monoisotopic (exact) mass is 447 g/mol. The maximum Gasteiger partial charge on any atom is 0.337 e. The summed E-state index contributed by atoms with van der Waals surface area (Å²) < 4.78 is 4.66. The van der Waals surface area contributed by atoms with Crippen molar-refractivity contribution in [3.8, 4) is 0 Å². The third-order valence-electron chi connectivity index (χ3n) is 4.47. The van der Waals surface area contributed by atoms with Crippen LogP contribution < -0.4 is 16.0 Å². The minimum Gasteiger partial charge on any atom is -0.465 e. The Morgan fingerprint density at radius 1 is 0.812 bits per heavy atom. The summed E-state index contributed by atoms with van der Waals surface area (Å²) in [5.41, 5.74) is 2.65. The molecule has 7 nitrogen and oxygen atoms in total. The molecule has 3 N–H and O–H groups in total. The third-order valence-corrected chi connectivity index (χ3v) is 4.68. The molecule has 0 aromatic heterocycles. The Kier molecular flexibility index (Phi) is 7.66. The second kappa shape index (κ2) is 10.8. The number of methoxy groups -OCH3 is 1. The average Bonchev–Trinajstić information content (AvgIpc) is 2.83. The fourth-order valence-corrected chi connectivity index (χ4v) is 3.04. The molecule has 3 aromatic rings. The summed E-state index contributed by atoms with van der Waals surface area (Å²) >= 11 is 5.19. The Morgan fingerprint density at radius 3 is 2.19 bits per heavy atom. The Hall–Kier alpha value is -4.04. The number of esters is 1. The molecular weight excluding hydrogens is 426 g/mol. The number of hydrogen-bond acceptors (Lipinski definition) is 5. The van der Waals surface area contributed by atoms with Gasteiger partial charge in [0, 0.05) is 23.4 Å². The van der Waals surface area contributed by atoms with Crippen molar-refractivity contribution in [2.24, 2.45) is 0 Å². The van der Waals surface area contributed by atoms with Crippen LogP contribution in [0.3, 0.4) is 0 Å². The fraction of sp³-hybridized carbons (Fsp3) is 0.0833. The maximum atomic E-state index is 12.4. The van der Waals surface area contributed by atoms with Gasteiger partial charge < -0.3 is 15.4 Å². The van der Waals surface area contributed by atoms with Crippen LogP contribution in [-0.4, -0.2) is 30.0 Å². The van der Waals surface area contributed by atoms with Gasteiger partial charge in [0.25, 0.3) is 11.8 Å². The number of rotatable bonds is 6. The molecule has 0 saturated heterocycles. The van der Waals surface area contributed by atoms with Gasteiger partial charge in [0.05, 0.1) is 12.7 Å². The molecule has 0 aliphatic carbocycles. The summed E-state index contributed by atoms with van der Waals surface area (Å²) in [5, 5.41) is 8.39. The fourth-order valence-electron chi connectivity index (χ4n) is 2.83. The second-order valence-corrected chi connectivity index (χ2v) is 7.13. The Bertz CT molecular complexity index is 1130. The maximum absolute atomic E-state index is 12.4. The normalized spacial score (nSPS) is 10.0. The Morgan fingerprint density at radius 2 is 1.50 bits per heavy atom. The van der Waals surface area contributed by atoms with Crippen LogP contribution in [0.5, 0.6) is 0 Å². The summed E-state index contributed by atoms with van der Waals surface area (Å²) in [4.78, 5) is 36.3. The molecule has 8 heteroatoms. The lowest BCUT2D eigenvalue weighted by atomic mass is 10.1. The smallest absolute Gasteiger partial charge is 0.337 e. The molecule has 0 aliphatic heterocycles. The highest BCUT2D eigenvalue weighted by molar-refractivity contribution is 7.80. The molecule has 0 radical (unpaired) electrons. The predicted octanol–water partition coefficient (Wildman–Crippen LogP) is 3.53. The van der Waals surface area contributed by atoms with Gasteiger partial charge in [-0.2, -0.15) is 0 Å². The molecule has 2 amide bonds. The lowest BCUT2D eigenvalue weighted by molar-refractivity contribution is 0.0600. The van der Waals surface area contributed by atoms with E-state index in [4.69, 9.17) is 12.2 Å². The van der Waals surface area contributed by atoms with E-state index in [-0.39, 0.29) is 22.1 Å². The SMILES string of the molecule is COC(=O)c1cccc(C(=O)NC(=S)Nc2ccc(C(=O)NCc3ccccc3)cc2)c1. The molecule has 0 spiro atoms. The molecule has 0 unspecified atom stereocenters. The highest BCUT2D eigenvalue weighted by atomic mass is 32.1. The number of benzene rings is 3. The predicted molar refractivity (Wildman–Crippen MR) is 126 cm³/mol. The first kappa shape index (κ1) is 22.6. The summed E-state index contributed by atoms with van der Waals surface area (Å²) in [6, 6.07) is 22.4. The van der Waals surface area contributed by atoms with Gasteiger partial charge in [0.1, 0.15) is 0 Å². The van der Waals surface area contributed by atoms with E-state index in [1.165, 1.54) is 13.2 Å². The first-order chi connectivity index (χ1) is 15.5. The van der Waals surface area contributed by atoms with Crippen molar-refractivity contribution < 1.29 is 19.1 Å². The van der Waals surface area contributed by atoms with Crippen LogP contribution in [-0.2, 0) is 11.3 Å². The molecule has 0 atom stereocenters. The highest BCUT2D eigenvalue weighted by Crippen LogP contribution is 2.11. The minimum atomic E-state index is -0.534. The molecule has 0 saturated carbocycles. The van der Waals surface area contributed by atoms with Crippen molar-refractivity contribution in [1.29, 1.82) is 0 Å². The number of carbonyl (C=O) groups excluding carboxylic acids is 3. The number of hydrogen-bond donors (Lipinski definition) is 3. The van der Waals surface area contributed by atoms with Gasteiger partial charge in [-0.1, -0.05) is 36.4 Å². The van der Waals surface area contributed by atoms with E-state index in [0.717, 1.165) is 5.56 Å². The molecule has 0 bridgehead atoms. The van der Waals surface area contributed by atoms with Crippen molar-refractivity contribution >= 4 is 40.8 Å². The molecule has 32 heavy (non-hydrogen) atoms. The van der Waals surface area contributed by atoms with Gasteiger partial charge in [-0.05, 0) is 60.2 Å². The van der Waals surface area contributed by atoms with Gasteiger partial charge in [0.2, 0.25) is 0 Å². The number of nitrogens with one attached hydrogen (secondary N) is 3. The Balaban J connectivity index is 1.53. The zero-order chi connectivity index (χ0) is 22.9. The zero-order valence-electron chi connectivity index (χ0n) is 17.3. The average molecular weight is 448 g/mol. The van der Waals surface area contributed by atoms with Crippen LogP contribution in [0.1, 0.15) is 36.6 Å². The summed E-state index contributed by atoms with van der Waals surface area (Å²) in [6.45, 7) is 0.437. The lowest BCUT2D eigenvalue weighted by Crippen LogP contribution is -2.34. The van der Waals surface area contributed by atoms with Gasteiger partial charge >= 0.3 is 5.97 Å². The molecular formula is C24H21N3O4S. The number of amides is 2. The number of anilines is 1. The van der Waals surface area contributed by atoms with E-state index in [1.807, 2.05) is 30.3 Å². The van der Waals surface area contributed by atoms with Crippen molar-refractivity contribution in [3.05, 3.63) is 101 Å². The number of ether oxygens (including phenoxy) is 1. The molecule has 0 aliphatic rings. The van der Waals surface area contributed by atoms with Crippen molar-refractivity contribution in [2.45, 2.75) is 6.54 Å². The van der Waals surface area contributed by atoms with Crippen LogP contribution in [0.4, 0.5) is 5.69 Å². The quantitative estimate of drug-likeness (QED) is 0.395. The summed E-state index contributed by atoms with van der Waals surface area (Å²) in [5.74, 6) is -1.19. The summed E-state index contributed by atoms with van der Waals surface area (Å²) in [6.07, 6.45) is 0. The van der Waals surface area contributed by atoms with Crippen LogP contribution in [0.15, 0.2) is 78.9 Å². The molecule has 3 aromatic carbocycles. The van der Waals surface area contributed by atoms with Gasteiger partial charge in [0.15, 0.2) is 5.11 Å². The van der Waals surface area contributed by atoms with Gasteiger partial charge in [-0.25, -0.2) is 4.79 Å². The number of thiocarbonyl (C=S) groups is 1. The van der Waals surface area contributed by atoms with Crippen molar-refractivity contribution in [2.75, 3.05) is 12.4 Å². The van der Waals surface area contributed by atoms with E-state index in [2.05, 4.69) is 20.7 Å². The molecule has 0 heterocycles. The first-order valence-corrected chi connectivity index (χ1v) is 10.1. The number of carbonyl (C=O) groups is 3. The van der Waals surface area contributed by atoms with E-state index in [0.29, 0.717) is 17.8 Å². The van der Waals surface area contributed by atoms with Crippen LogP contribution in [0, 0.1) is 0 Å². The molecule has 162 valence electrons. The van der Waals surface area contributed by atoms with Crippen LogP contribution >= 0.6 is 12.2 Å². The summed E-state index contributed by atoms with van der Waals surface area (Å²) in [7, 11) is 1.27. The minimum absolute atomic E-state index is 0.0831. The Labute approximate surface area is 190 Å². The van der Waals surface area contributed by atoms with E-state index in [9.17, 15) is 14.4 Å². The van der Waals surface area contributed by atoms with E-state index in [1.54, 1.807) is 42.5 Å². The van der Waals surface area contributed by atoms with Gasteiger partial charge in [-0.15, -0.1) is 0 Å². The molecule has 3 rings (SSSR count). The van der Waals surface area contributed by atoms with E-state index >= 15 is 0 Å². The topological polar surface area (TPSA) is 96.5 Å². The van der Waals surface area contributed by atoms with Crippen LogP contribution in [0.25, 0.3) is 0 Å². The largest absolute Gasteiger partial charge is 0.465 e. The van der Waals surface area contributed by atoms with Crippen LogP contribution in [0.2, 0.25) is 0 Å². The standard InChI is InChI=1S/C24H21N3O4S/c1-31-23(30)19-9-5-8-18(14-19)22(29)27-24(32)26-20-12-10-17(11-13-20)21(28)25-15-16-6-3-2-4-7-16/h2-14H,15H2,1H3,(H,25,28)(H2,26,27,29,32). The first-order valence-electron chi connectivity index (χ1n) is 9.69. The second-order valence-electron chi connectivity index (χ2n) is 6.73. The third kappa shape index (κ3) is 6.23. The van der Waals surface area contributed by atoms with Crippen molar-refractivity contribution in [3.63, 3.8) is 0 Å². The van der Waals surface area contributed by atoms with Gasteiger partial charge in [-0.3, -0.25) is 14.9 Å². The highest BCUT2D eigenvalue weighted by Gasteiger charge is 2.12. The molecule has 0 fully saturated rings. The zero-order valence-corrected chi connectivity index (χ0v) is 18.1.